The standard InChI is InChI=1S/C50H52N6O8/c1-32(50(63)64)51-47(60)42-31-36-19-24-39(25-20-36)52-44(57)27-28-45(58)53-41(29-34-13-7-3-8-14-34)48(61)56-43(30-35-17-22-38(23-18-35)37-15-9-4-10-16-37)49(62)54-40(46(59)55-42)26-21-33-11-5-2-6-12-33/h2-20,22-25,32,40-43H,21,26-31H2,1H3,(H,51,60)(H,52,57)(H,53,58)(H,54,62)(H,55,59)(H,56,61)(H,63,64)/t32-,40+,41+,42-,43-/m0/s1. The number of carboxylic acid groups (broad SMARTS) is 1. The fourth-order valence-corrected chi connectivity index (χ4v) is 7.27. The summed E-state index contributed by atoms with van der Waals surface area (Å²) in [4.78, 5) is 95.2. The predicted molar refractivity (Wildman–Crippen MR) is 241 cm³/mol. The van der Waals surface area contributed by atoms with Gasteiger partial charge in [-0.25, -0.2) is 0 Å². The molecule has 0 saturated heterocycles. The van der Waals surface area contributed by atoms with Crippen molar-refractivity contribution in [3.63, 3.8) is 0 Å². The molecule has 0 aliphatic carbocycles. The number of carbonyl (C=O) groups excluding carboxylic acids is 6. The van der Waals surface area contributed by atoms with Crippen molar-refractivity contribution in [3.05, 3.63) is 162 Å². The Morgan fingerprint density at radius 3 is 1.69 bits per heavy atom. The smallest absolute Gasteiger partial charge is 0.325 e. The van der Waals surface area contributed by atoms with Gasteiger partial charge < -0.3 is 37.0 Å². The molecule has 2 aliphatic heterocycles. The van der Waals surface area contributed by atoms with Crippen molar-refractivity contribution in [1.82, 2.24) is 26.6 Å². The van der Waals surface area contributed by atoms with Crippen LogP contribution in [0.1, 0.15) is 48.4 Å². The first-order valence-corrected chi connectivity index (χ1v) is 21.2. The topological polar surface area (TPSA) is 212 Å². The van der Waals surface area contributed by atoms with E-state index >= 15 is 0 Å². The lowest BCUT2D eigenvalue weighted by Crippen LogP contribution is -2.59. The Labute approximate surface area is 371 Å². The molecule has 2 bridgehead atoms. The lowest BCUT2D eigenvalue weighted by molar-refractivity contribution is -0.141. The molecule has 0 radical (unpaired) electrons. The van der Waals surface area contributed by atoms with E-state index in [4.69, 9.17) is 0 Å². The van der Waals surface area contributed by atoms with E-state index in [0.29, 0.717) is 23.2 Å². The predicted octanol–water partition coefficient (Wildman–Crippen LogP) is 4.28. The molecule has 5 aromatic rings. The summed E-state index contributed by atoms with van der Waals surface area (Å²) in [7, 11) is 0. The van der Waals surface area contributed by atoms with Crippen LogP contribution in [0.4, 0.5) is 5.69 Å². The molecule has 0 unspecified atom stereocenters. The highest BCUT2D eigenvalue weighted by atomic mass is 16.4. The summed E-state index contributed by atoms with van der Waals surface area (Å²) in [5.41, 5.74) is 5.23. The molecule has 0 saturated carbocycles. The summed E-state index contributed by atoms with van der Waals surface area (Å²) in [6, 6.07) is 35.9. The fourth-order valence-electron chi connectivity index (χ4n) is 7.27. The van der Waals surface area contributed by atoms with Crippen molar-refractivity contribution in [2.75, 3.05) is 5.32 Å². The largest absolute Gasteiger partial charge is 0.480 e. The van der Waals surface area contributed by atoms with Gasteiger partial charge in [-0.15, -0.1) is 0 Å². The van der Waals surface area contributed by atoms with E-state index in [1.54, 1.807) is 36.4 Å². The molecule has 7 N–H and O–H groups in total. The zero-order chi connectivity index (χ0) is 45.4. The van der Waals surface area contributed by atoms with Gasteiger partial charge in [0, 0.05) is 37.8 Å². The monoisotopic (exact) mass is 864 g/mol. The van der Waals surface area contributed by atoms with Crippen LogP contribution in [0.15, 0.2) is 140 Å². The molecule has 64 heavy (non-hydrogen) atoms. The number of benzene rings is 5. The fraction of sp³-hybridized carbons (Fsp3) is 0.260. The minimum Gasteiger partial charge on any atom is -0.480 e. The van der Waals surface area contributed by atoms with Gasteiger partial charge in [0.1, 0.15) is 30.2 Å². The van der Waals surface area contributed by atoms with Crippen molar-refractivity contribution < 1.29 is 38.7 Å². The van der Waals surface area contributed by atoms with Crippen LogP contribution in [0.5, 0.6) is 0 Å². The highest BCUT2D eigenvalue weighted by Crippen LogP contribution is 2.20. The molecular formula is C50H52N6O8. The second kappa shape index (κ2) is 22.5. The molecule has 14 heteroatoms. The van der Waals surface area contributed by atoms with Crippen LogP contribution in [-0.4, -0.2) is 76.7 Å². The number of anilines is 1. The number of nitrogens with one attached hydrogen (secondary N) is 6. The number of rotatable bonds is 11. The van der Waals surface area contributed by atoms with E-state index < -0.39 is 71.6 Å². The molecule has 5 aromatic carbocycles. The van der Waals surface area contributed by atoms with Crippen molar-refractivity contribution >= 4 is 47.1 Å². The summed E-state index contributed by atoms with van der Waals surface area (Å²) in [5, 5.41) is 26.0. The Balaban J connectivity index is 1.36. The first kappa shape index (κ1) is 45.9. The SMILES string of the molecule is C[C@H](NC(=O)[C@@H]1Cc2ccc(cc2)NC(=O)CCC(=O)N[C@H](Cc2ccccc2)C(=O)N[C@@H](Cc2ccc(-c3ccccc3)cc2)C(=O)N[C@H](CCc2ccccc2)C(=O)N1)C(=O)O. The van der Waals surface area contributed by atoms with Crippen LogP contribution in [0.25, 0.3) is 11.1 Å². The van der Waals surface area contributed by atoms with Crippen LogP contribution in [0, 0.1) is 0 Å². The van der Waals surface area contributed by atoms with Crippen LogP contribution < -0.4 is 31.9 Å². The first-order chi connectivity index (χ1) is 30.9. The van der Waals surface area contributed by atoms with Crippen molar-refractivity contribution in [2.24, 2.45) is 0 Å². The summed E-state index contributed by atoms with van der Waals surface area (Å²) in [5.74, 6) is -5.13. The summed E-state index contributed by atoms with van der Waals surface area (Å²) in [6.07, 6.45) is 0.0126. The van der Waals surface area contributed by atoms with Crippen LogP contribution in [0.2, 0.25) is 0 Å². The number of carboxylic acids is 1. The highest BCUT2D eigenvalue weighted by Gasteiger charge is 2.33. The van der Waals surface area contributed by atoms with Gasteiger partial charge in [-0.05, 0) is 65.3 Å². The van der Waals surface area contributed by atoms with Crippen LogP contribution >= 0.6 is 0 Å². The molecule has 330 valence electrons. The summed E-state index contributed by atoms with van der Waals surface area (Å²) in [6.45, 7) is 1.30. The molecule has 0 spiro atoms. The third kappa shape index (κ3) is 13.7. The number of hydrogen-bond acceptors (Lipinski definition) is 7. The van der Waals surface area contributed by atoms with Gasteiger partial charge in [-0.2, -0.15) is 0 Å². The third-order valence-electron chi connectivity index (χ3n) is 10.9. The zero-order valence-corrected chi connectivity index (χ0v) is 35.4. The van der Waals surface area contributed by atoms with Crippen LogP contribution in [0.3, 0.4) is 0 Å². The molecule has 14 nitrogen and oxygen atoms in total. The third-order valence-corrected chi connectivity index (χ3v) is 10.9. The molecule has 0 fully saturated rings. The second-order valence-corrected chi connectivity index (χ2v) is 15.8. The van der Waals surface area contributed by atoms with E-state index in [1.165, 1.54) is 6.92 Å². The van der Waals surface area contributed by atoms with Gasteiger partial charge in [-0.3, -0.25) is 33.6 Å². The van der Waals surface area contributed by atoms with Crippen molar-refractivity contribution in [3.8, 4) is 11.1 Å². The van der Waals surface area contributed by atoms with Crippen molar-refractivity contribution in [1.29, 1.82) is 0 Å². The Morgan fingerprint density at radius 2 is 1.08 bits per heavy atom. The Morgan fingerprint density at radius 1 is 0.578 bits per heavy atom. The Hall–Kier alpha value is -7.61. The second-order valence-electron chi connectivity index (χ2n) is 15.8. The average molecular weight is 865 g/mol. The molecule has 7 rings (SSSR count). The van der Waals surface area contributed by atoms with E-state index in [9.17, 15) is 38.7 Å². The molecule has 6 amide bonds. The van der Waals surface area contributed by atoms with E-state index in [0.717, 1.165) is 22.3 Å². The molecule has 2 heterocycles. The molecular weight excluding hydrogens is 813 g/mol. The maximum Gasteiger partial charge on any atom is 0.325 e. The lowest BCUT2D eigenvalue weighted by atomic mass is 9.98. The number of hydrogen-bond donors (Lipinski definition) is 7. The quantitative estimate of drug-likeness (QED) is 0.0951. The van der Waals surface area contributed by atoms with Gasteiger partial charge in [0.2, 0.25) is 35.4 Å². The van der Waals surface area contributed by atoms with E-state index in [1.807, 2.05) is 103 Å². The molecule has 2 aliphatic rings. The number of fused-ring (bicyclic) bond motifs is 18. The minimum atomic E-state index is -1.28. The van der Waals surface area contributed by atoms with Gasteiger partial charge in [0.05, 0.1) is 0 Å². The van der Waals surface area contributed by atoms with Gasteiger partial charge in [0.15, 0.2) is 0 Å². The van der Waals surface area contributed by atoms with E-state index in [2.05, 4.69) is 31.9 Å². The number of aliphatic carboxylic acids is 1. The summed E-state index contributed by atoms with van der Waals surface area (Å²) >= 11 is 0. The highest BCUT2D eigenvalue weighted by molar-refractivity contribution is 5.97. The first-order valence-electron chi connectivity index (χ1n) is 21.2. The zero-order valence-electron chi connectivity index (χ0n) is 35.4. The van der Waals surface area contributed by atoms with Gasteiger partial charge in [-0.1, -0.05) is 127 Å². The Kier molecular flexibility index (Phi) is 16.1. The summed E-state index contributed by atoms with van der Waals surface area (Å²) < 4.78 is 0. The normalized spacial score (nSPS) is 19.4. The molecule has 0 aromatic heterocycles. The average Bonchev–Trinajstić information content (AvgIpc) is 3.30. The van der Waals surface area contributed by atoms with Gasteiger partial charge in [0.25, 0.3) is 0 Å². The molecule has 5 atom stereocenters. The lowest BCUT2D eigenvalue weighted by Gasteiger charge is -2.27. The Bertz CT molecular complexity index is 2400. The van der Waals surface area contributed by atoms with Crippen molar-refractivity contribution in [2.45, 2.75) is 82.1 Å². The maximum absolute atomic E-state index is 14.6. The number of carbonyl (C=O) groups is 7. The minimum absolute atomic E-state index is 0.000226. The van der Waals surface area contributed by atoms with Crippen LogP contribution in [-0.2, 0) is 59.2 Å². The van der Waals surface area contributed by atoms with E-state index in [-0.39, 0.29) is 38.5 Å². The number of aryl methyl sites for hydroxylation is 1. The number of amides is 6. The maximum atomic E-state index is 14.6. The van der Waals surface area contributed by atoms with Gasteiger partial charge >= 0.3 is 5.97 Å².